The summed E-state index contributed by atoms with van der Waals surface area (Å²) in [6, 6.07) is 4.14. The van der Waals surface area contributed by atoms with E-state index in [1.807, 2.05) is 0 Å². The molecule has 0 saturated heterocycles. The van der Waals surface area contributed by atoms with Crippen LogP contribution in [0, 0.1) is 33.3 Å². The zero-order chi connectivity index (χ0) is 16.9. The zero-order valence-corrected chi connectivity index (χ0v) is 14.2. The molecule has 4 aliphatic rings. The van der Waals surface area contributed by atoms with Crippen LogP contribution in [-0.4, -0.2) is 10.8 Å². The van der Waals surface area contributed by atoms with Gasteiger partial charge in [0.25, 0.3) is 5.69 Å². The molecular weight excluding hydrogens is 328 g/mol. The number of non-ortho nitro benzene ring substituents is 1. The van der Waals surface area contributed by atoms with E-state index in [4.69, 9.17) is 11.6 Å². The summed E-state index contributed by atoms with van der Waals surface area (Å²) in [6.07, 6.45) is 8.03. The fraction of sp³-hybridized carbons (Fsp3) is 0.611. The number of hydrogen-bond acceptors (Lipinski definition) is 3. The molecule has 0 unspecified atom stereocenters. The van der Waals surface area contributed by atoms with Crippen molar-refractivity contribution >= 4 is 28.9 Å². The van der Waals surface area contributed by atoms with Crippen molar-refractivity contribution in [3.63, 3.8) is 0 Å². The molecule has 4 fully saturated rings. The molecule has 0 aliphatic heterocycles. The summed E-state index contributed by atoms with van der Waals surface area (Å²) < 4.78 is 0. The number of nitrogens with zero attached hydrogens (tertiary/aromatic N) is 1. The van der Waals surface area contributed by atoms with Crippen LogP contribution in [0.25, 0.3) is 0 Å². The first kappa shape index (κ1) is 15.9. The number of carbonyl (C=O) groups is 1. The molecule has 128 valence electrons. The Hall–Kier alpha value is -1.62. The second kappa shape index (κ2) is 5.73. The molecule has 6 heteroatoms. The number of nitro groups is 1. The molecule has 1 aromatic rings. The maximum Gasteiger partial charge on any atom is 0.271 e. The third kappa shape index (κ3) is 2.90. The number of benzene rings is 1. The smallest absolute Gasteiger partial charge is 0.271 e. The maximum atomic E-state index is 12.6. The highest BCUT2D eigenvalue weighted by Crippen LogP contribution is 2.61. The van der Waals surface area contributed by atoms with Crippen LogP contribution in [0.2, 0.25) is 5.02 Å². The molecule has 0 atom stereocenters. The van der Waals surface area contributed by atoms with Crippen molar-refractivity contribution in [3.05, 3.63) is 33.3 Å². The lowest BCUT2D eigenvalue weighted by molar-refractivity contribution is -0.384. The third-order valence-electron chi connectivity index (χ3n) is 6.14. The molecule has 1 amide bonds. The fourth-order valence-electron chi connectivity index (χ4n) is 5.76. The standard InChI is InChI=1S/C18H21ClN2O3/c19-15-2-1-14(21(23)24)6-16(15)20-17(22)10-18-7-11-3-12(8-18)5-13(4-11)9-18/h1-2,6,11-13H,3-5,7-10H2,(H,20,22). The van der Waals surface area contributed by atoms with E-state index in [2.05, 4.69) is 5.32 Å². The van der Waals surface area contributed by atoms with E-state index in [1.165, 1.54) is 37.5 Å². The summed E-state index contributed by atoms with van der Waals surface area (Å²) in [4.78, 5) is 23.0. The Labute approximate surface area is 145 Å². The van der Waals surface area contributed by atoms with E-state index in [-0.39, 0.29) is 17.0 Å². The summed E-state index contributed by atoms with van der Waals surface area (Å²) in [5.41, 5.74) is 0.413. The minimum Gasteiger partial charge on any atom is -0.325 e. The van der Waals surface area contributed by atoms with Gasteiger partial charge in [0.1, 0.15) is 0 Å². The predicted molar refractivity (Wildman–Crippen MR) is 92.0 cm³/mol. The summed E-state index contributed by atoms with van der Waals surface area (Å²) in [7, 11) is 0. The van der Waals surface area contributed by atoms with Crippen LogP contribution in [0.15, 0.2) is 18.2 Å². The molecule has 1 aromatic carbocycles. The normalized spacial score (nSPS) is 33.5. The van der Waals surface area contributed by atoms with Crippen molar-refractivity contribution in [1.82, 2.24) is 0 Å². The minimum absolute atomic E-state index is 0.0653. The lowest BCUT2D eigenvalue weighted by Crippen LogP contribution is -2.47. The SMILES string of the molecule is O=C(CC12CC3CC(CC(C3)C1)C2)Nc1cc([N+](=O)[O-])ccc1Cl. The van der Waals surface area contributed by atoms with Gasteiger partial charge in [-0.15, -0.1) is 0 Å². The van der Waals surface area contributed by atoms with Crippen LogP contribution in [0.3, 0.4) is 0 Å². The van der Waals surface area contributed by atoms with Gasteiger partial charge in [-0.3, -0.25) is 14.9 Å². The summed E-state index contributed by atoms with van der Waals surface area (Å²) >= 11 is 6.08. The number of amides is 1. The topological polar surface area (TPSA) is 72.2 Å². The zero-order valence-electron chi connectivity index (χ0n) is 13.5. The van der Waals surface area contributed by atoms with Gasteiger partial charge in [0.15, 0.2) is 0 Å². The third-order valence-corrected chi connectivity index (χ3v) is 6.47. The summed E-state index contributed by atoms with van der Waals surface area (Å²) in [5, 5.41) is 14.0. The Bertz CT molecular complexity index is 668. The van der Waals surface area contributed by atoms with Gasteiger partial charge in [0, 0.05) is 18.6 Å². The van der Waals surface area contributed by atoms with Gasteiger partial charge in [0.2, 0.25) is 5.91 Å². The number of halogens is 1. The first-order valence-electron chi connectivity index (χ1n) is 8.66. The predicted octanol–water partition coefficient (Wildman–Crippen LogP) is 4.79. The second-order valence-electron chi connectivity index (χ2n) is 8.06. The second-order valence-corrected chi connectivity index (χ2v) is 8.47. The number of nitro benzene ring substituents is 1. The lowest BCUT2D eigenvalue weighted by atomic mass is 9.49. The van der Waals surface area contributed by atoms with E-state index in [0.717, 1.165) is 37.0 Å². The Morgan fingerprint density at radius 2 is 1.79 bits per heavy atom. The average Bonchev–Trinajstić information content (AvgIpc) is 2.47. The Morgan fingerprint density at radius 1 is 1.21 bits per heavy atom. The molecule has 4 aliphatic carbocycles. The molecule has 5 nitrogen and oxygen atoms in total. The van der Waals surface area contributed by atoms with Crippen molar-refractivity contribution in [2.75, 3.05) is 5.32 Å². The van der Waals surface area contributed by atoms with Crippen LogP contribution in [0.5, 0.6) is 0 Å². The quantitative estimate of drug-likeness (QED) is 0.627. The number of rotatable bonds is 4. The number of carbonyl (C=O) groups excluding carboxylic acids is 1. The maximum absolute atomic E-state index is 12.6. The summed E-state index contributed by atoms with van der Waals surface area (Å²) in [5.74, 6) is 2.32. The van der Waals surface area contributed by atoms with Gasteiger partial charge in [-0.05, 0) is 67.8 Å². The molecule has 24 heavy (non-hydrogen) atoms. The first-order chi connectivity index (χ1) is 11.4. The molecule has 4 saturated carbocycles. The molecule has 0 aromatic heterocycles. The van der Waals surface area contributed by atoms with Crippen molar-refractivity contribution < 1.29 is 9.72 Å². The highest BCUT2D eigenvalue weighted by Gasteiger charge is 2.51. The summed E-state index contributed by atoms with van der Waals surface area (Å²) in [6.45, 7) is 0. The van der Waals surface area contributed by atoms with Gasteiger partial charge in [-0.2, -0.15) is 0 Å². The van der Waals surface area contributed by atoms with Crippen LogP contribution in [0.4, 0.5) is 11.4 Å². The van der Waals surface area contributed by atoms with Crippen molar-refractivity contribution in [1.29, 1.82) is 0 Å². The van der Waals surface area contributed by atoms with Crippen LogP contribution < -0.4 is 5.32 Å². The number of nitrogens with one attached hydrogen (secondary N) is 1. The molecule has 4 bridgehead atoms. The van der Waals surface area contributed by atoms with E-state index < -0.39 is 4.92 Å². The van der Waals surface area contributed by atoms with Crippen molar-refractivity contribution in [3.8, 4) is 0 Å². The Kier molecular flexibility index (Phi) is 3.79. The van der Waals surface area contributed by atoms with E-state index >= 15 is 0 Å². The molecule has 5 rings (SSSR count). The minimum atomic E-state index is -0.481. The molecule has 1 N–H and O–H groups in total. The van der Waals surface area contributed by atoms with Gasteiger partial charge < -0.3 is 5.32 Å². The largest absolute Gasteiger partial charge is 0.325 e. The van der Waals surface area contributed by atoms with Crippen LogP contribution >= 0.6 is 11.6 Å². The van der Waals surface area contributed by atoms with Crippen molar-refractivity contribution in [2.24, 2.45) is 23.2 Å². The fourth-order valence-corrected chi connectivity index (χ4v) is 5.93. The Morgan fingerprint density at radius 3 is 2.33 bits per heavy atom. The van der Waals surface area contributed by atoms with E-state index in [1.54, 1.807) is 0 Å². The molecule has 0 spiro atoms. The van der Waals surface area contributed by atoms with Crippen molar-refractivity contribution in [2.45, 2.75) is 44.9 Å². The molecule has 0 radical (unpaired) electrons. The van der Waals surface area contributed by atoms with Gasteiger partial charge >= 0.3 is 0 Å². The highest BCUT2D eigenvalue weighted by atomic mass is 35.5. The van der Waals surface area contributed by atoms with E-state index in [0.29, 0.717) is 17.1 Å². The van der Waals surface area contributed by atoms with Gasteiger partial charge in [-0.1, -0.05) is 11.6 Å². The number of hydrogen-bond donors (Lipinski definition) is 1. The first-order valence-corrected chi connectivity index (χ1v) is 9.04. The molecule has 0 heterocycles. The van der Waals surface area contributed by atoms with Crippen LogP contribution in [0.1, 0.15) is 44.9 Å². The monoisotopic (exact) mass is 348 g/mol. The van der Waals surface area contributed by atoms with Crippen LogP contribution in [-0.2, 0) is 4.79 Å². The lowest BCUT2D eigenvalue weighted by Gasteiger charge is -2.56. The molecular formula is C18H21ClN2O3. The van der Waals surface area contributed by atoms with Gasteiger partial charge in [-0.25, -0.2) is 0 Å². The average molecular weight is 349 g/mol. The van der Waals surface area contributed by atoms with Gasteiger partial charge in [0.05, 0.1) is 15.6 Å². The highest BCUT2D eigenvalue weighted by molar-refractivity contribution is 6.33. The van der Waals surface area contributed by atoms with E-state index in [9.17, 15) is 14.9 Å². The Balaban J connectivity index is 1.48. The number of anilines is 1.